The highest BCUT2D eigenvalue weighted by Gasteiger charge is 2.29. The molecule has 1 saturated heterocycles. The van der Waals surface area contributed by atoms with Gasteiger partial charge in [0.1, 0.15) is 5.60 Å². The van der Waals surface area contributed by atoms with Gasteiger partial charge in [-0.2, -0.15) is 0 Å². The van der Waals surface area contributed by atoms with Gasteiger partial charge in [-0.3, -0.25) is 0 Å². The number of hydrogen-bond donors (Lipinski definition) is 3. The Morgan fingerprint density at radius 2 is 1.87 bits per heavy atom. The zero-order valence-corrected chi connectivity index (χ0v) is 15.3. The number of aliphatic hydroxyl groups is 1. The molecular weight excluding hydrogens is 296 g/mol. The zero-order valence-electron chi connectivity index (χ0n) is 15.3. The normalized spacial score (nSPS) is 19.4. The zero-order chi connectivity index (χ0) is 17.5. The molecule has 0 spiro atoms. The van der Waals surface area contributed by atoms with Gasteiger partial charge >= 0.3 is 6.09 Å². The fourth-order valence-electron chi connectivity index (χ4n) is 2.49. The summed E-state index contributed by atoms with van der Waals surface area (Å²) < 4.78 is 10.5. The molecule has 0 aromatic carbocycles. The lowest BCUT2D eigenvalue weighted by Crippen LogP contribution is -2.47. The molecule has 6 heteroatoms. The lowest BCUT2D eigenvalue weighted by molar-refractivity contribution is -0.0619. The Bertz CT molecular complexity index is 360. The summed E-state index contributed by atoms with van der Waals surface area (Å²) in [7, 11) is 0. The van der Waals surface area contributed by atoms with Crippen LogP contribution < -0.4 is 10.6 Å². The van der Waals surface area contributed by atoms with E-state index >= 15 is 0 Å². The summed E-state index contributed by atoms with van der Waals surface area (Å²) in [6.07, 6.45) is 0.955. The van der Waals surface area contributed by atoms with Crippen molar-refractivity contribution in [3.05, 3.63) is 0 Å². The van der Waals surface area contributed by atoms with Crippen LogP contribution in [0.3, 0.4) is 0 Å². The highest BCUT2D eigenvalue weighted by molar-refractivity contribution is 5.67. The van der Waals surface area contributed by atoms with Crippen LogP contribution in [-0.4, -0.2) is 55.2 Å². The van der Waals surface area contributed by atoms with Crippen molar-refractivity contribution in [1.29, 1.82) is 0 Å². The van der Waals surface area contributed by atoms with Crippen molar-refractivity contribution in [3.8, 4) is 0 Å². The van der Waals surface area contributed by atoms with Crippen LogP contribution in [0.5, 0.6) is 0 Å². The van der Waals surface area contributed by atoms with Crippen LogP contribution in [0.25, 0.3) is 0 Å². The summed E-state index contributed by atoms with van der Waals surface area (Å²) in [5, 5.41) is 16.6. The Balaban J connectivity index is 2.33. The van der Waals surface area contributed by atoms with Crippen LogP contribution in [-0.2, 0) is 9.47 Å². The Hall–Kier alpha value is -0.850. The number of ether oxygens (including phenoxy) is 2. The molecule has 0 radical (unpaired) electrons. The first kappa shape index (κ1) is 20.2. The van der Waals surface area contributed by atoms with Gasteiger partial charge in [-0.1, -0.05) is 13.8 Å². The monoisotopic (exact) mass is 330 g/mol. The Morgan fingerprint density at radius 1 is 1.26 bits per heavy atom. The number of rotatable bonds is 7. The molecule has 0 aromatic rings. The number of alkyl carbamates (subject to hydrolysis) is 1. The average molecular weight is 330 g/mol. The predicted octanol–water partition coefficient (Wildman–Crippen LogP) is 1.91. The summed E-state index contributed by atoms with van der Waals surface area (Å²) in [6.45, 7) is 12.9. The first-order chi connectivity index (χ1) is 10.6. The summed E-state index contributed by atoms with van der Waals surface area (Å²) in [5.74, 6) is 0.702. The summed E-state index contributed by atoms with van der Waals surface area (Å²) in [4.78, 5) is 11.8. The van der Waals surface area contributed by atoms with Gasteiger partial charge in [0.15, 0.2) is 0 Å². The Morgan fingerprint density at radius 3 is 2.39 bits per heavy atom. The maximum Gasteiger partial charge on any atom is 0.407 e. The van der Waals surface area contributed by atoms with Gasteiger partial charge in [0.05, 0.1) is 5.60 Å². The van der Waals surface area contributed by atoms with Gasteiger partial charge in [0.25, 0.3) is 0 Å². The van der Waals surface area contributed by atoms with Crippen molar-refractivity contribution in [3.63, 3.8) is 0 Å². The maximum absolute atomic E-state index is 11.8. The first-order valence-electron chi connectivity index (χ1n) is 8.59. The quantitative estimate of drug-likeness (QED) is 0.664. The van der Waals surface area contributed by atoms with E-state index in [1.54, 1.807) is 0 Å². The SMILES string of the molecule is CC(C)C(CNCC1(O)CCOCC1)CNC(=O)OC(C)(C)C. The van der Waals surface area contributed by atoms with Crippen molar-refractivity contribution in [2.45, 2.75) is 58.7 Å². The van der Waals surface area contributed by atoms with Crippen molar-refractivity contribution >= 4 is 6.09 Å². The molecule has 0 aliphatic carbocycles. The molecule has 1 aliphatic heterocycles. The molecule has 23 heavy (non-hydrogen) atoms. The number of carbonyl (C=O) groups is 1. The van der Waals surface area contributed by atoms with Crippen molar-refractivity contribution in [2.24, 2.45) is 11.8 Å². The van der Waals surface area contributed by atoms with Gasteiger partial charge in [-0.05, 0) is 39.2 Å². The Labute approximate surface area is 140 Å². The molecule has 1 heterocycles. The maximum atomic E-state index is 11.8. The third-order valence-electron chi connectivity index (χ3n) is 4.13. The molecule has 1 fully saturated rings. The third kappa shape index (κ3) is 8.53. The Kier molecular flexibility index (Phi) is 7.77. The number of carbonyl (C=O) groups excluding carboxylic acids is 1. The molecule has 1 aliphatic rings. The van der Waals surface area contributed by atoms with Crippen LogP contribution in [0.4, 0.5) is 4.79 Å². The summed E-state index contributed by atoms with van der Waals surface area (Å²) in [6, 6.07) is 0. The van der Waals surface area contributed by atoms with Crippen LogP contribution in [0.1, 0.15) is 47.5 Å². The number of amides is 1. The smallest absolute Gasteiger partial charge is 0.407 e. The third-order valence-corrected chi connectivity index (χ3v) is 4.13. The fourth-order valence-corrected chi connectivity index (χ4v) is 2.49. The molecule has 1 rings (SSSR count). The minimum Gasteiger partial charge on any atom is -0.444 e. The van der Waals surface area contributed by atoms with Crippen molar-refractivity contribution < 1.29 is 19.4 Å². The topological polar surface area (TPSA) is 79.8 Å². The van der Waals surface area contributed by atoms with Crippen LogP contribution in [0, 0.1) is 11.8 Å². The van der Waals surface area contributed by atoms with Gasteiger partial charge in [-0.25, -0.2) is 4.79 Å². The van der Waals surface area contributed by atoms with Gasteiger partial charge in [0, 0.05) is 39.1 Å². The van der Waals surface area contributed by atoms with Crippen LogP contribution in [0.15, 0.2) is 0 Å². The van der Waals surface area contributed by atoms with E-state index < -0.39 is 11.2 Å². The number of hydrogen-bond acceptors (Lipinski definition) is 5. The molecule has 1 atom stereocenters. The largest absolute Gasteiger partial charge is 0.444 e. The van der Waals surface area contributed by atoms with E-state index in [0.717, 1.165) is 6.54 Å². The van der Waals surface area contributed by atoms with Gasteiger partial charge in [-0.15, -0.1) is 0 Å². The first-order valence-corrected chi connectivity index (χ1v) is 8.59. The molecule has 6 nitrogen and oxygen atoms in total. The minimum atomic E-state index is -0.668. The van der Waals surface area contributed by atoms with E-state index in [0.29, 0.717) is 45.1 Å². The minimum absolute atomic E-state index is 0.283. The molecule has 136 valence electrons. The number of nitrogens with one attached hydrogen (secondary N) is 2. The van der Waals surface area contributed by atoms with E-state index in [1.165, 1.54) is 0 Å². The van der Waals surface area contributed by atoms with E-state index in [9.17, 15) is 9.90 Å². The fraction of sp³-hybridized carbons (Fsp3) is 0.941. The van der Waals surface area contributed by atoms with Crippen molar-refractivity contribution in [2.75, 3.05) is 32.8 Å². The lowest BCUT2D eigenvalue weighted by Gasteiger charge is -2.33. The average Bonchev–Trinajstić information content (AvgIpc) is 2.41. The van der Waals surface area contributed by atoms with Crippen LogP contribution >= 0.6 is 0 Å². The highest BCUT2D eigenvalue weighted by atomic mass is 16.6. The van der Waals surface area contributed by atoms with E-state index in [2.05, 4.69) is 24.5 Å². The molecule has 1 amide bonds. The summed E-state index contributed by atoms with van der Waals surface area (Å²) >= 11 is 0. The second kappa shape index (κ2) is 8.85. The molecule has 0 bridgehead atoms. The van der Waals surface area contributed by atoms with Crippen LogP contribution in [0.2, 0.25) is 0 Å². The predicted molar refractivity (Wildman–Crippen MR) is 90.4 cm³/mol. The second-order valence-electron chi connectivity index (χ2n) is 7.85. The van der Waals surface area contributed by atoms with E-state index in [-0.39, 0.29) is 12.0 Å². The molecule has 3 N–H and O–H groups in total. The molecule has 0 aromatic heterocycles. The molecule has 0 saturated carbocycles. The lowest BCUT2D eigenvalue weighted by atomic mass is 9.92. The van der Waals surface area contributed by atoms with E-state index in [1.807, 2.05) is 20.8 Å². The van der Waals surface area contributed by atoms with Gasteiger partial charge < -0.3 is 25.2 Å². The molecule has 1 unspecified atom stereocenters. The standard InChI is InChI=1S/C17H34N2O4/c1-13(2)14(11-19-15(20)23-16(3,4)5)10-18-12-17(21)6-8-22-9-7-17/h13-14,18,21H,6-12H2,1-5H3,(H,19,20). The highest BCUT2D eigenvalue weighted by Crippen LogP contribution is 2.19. The van der Waals surface area contributed by atoms with E-state index in [4.69, 9.17) is 9.47 Å². The van der Waals surface area contributed by atoms with Gasteiger partial charge in [0.2, 0.25) is 0 Å². The second-order valence-corrected chi connectivity index (χ2v) is 7.85. The van der Waals surface area contributed by atoms with Crippen molar-refractivity contribution in [1.82, 2.24) is 10.6 Å². The summed E-state index contributed by atoms with van der Waals surface area (Å²) in [5.41, 5.74) is -1.15. The molecular formula is C17H34N2O4.